The number of ether oxygens (including phenoxy) is 1. The van der Waals surface area contributed by atoms with Crippen molar-refractivity contribution in [2.45, 2.75) is 20.3 Å². The summed E-state index contributed by atoms with van der Waals surface area (Å²) in [7, 11) is 1.29. The summed E-state index contributed by atoms with van der Waals surface area (Å²) in [4.78, 5) is 35.2. The summed E-state index contributed by atoms with van der Waals surface area (Å²) in [6.07, 6.45) is 0.113. The van der Waals surface area contributed by atoms with E-state index >= 15 is 0 Å². The number of non-ortho nitro benzene ring substituents is 1. The summed E-state index contributed by atoms with van der Waals surface area (Å²) < 4.78 is 4.54. The summed E-state index contributed by atoms with van der Waals surface area (Å²) >= 11 is 0. The number of aryl methyl sites for hydroxylation is 1. The minimum absolute atomic E-state index is 0.0540. The Labute approximate surface area is 122 Å². The Bertz CT molecular complexity index is 556. The van der Waals surface area contributed by atoms with E-state index in [0.717, 1.165) is 0 Å². The van der Waals surface area contributed by atoms with Gasteiger partial charge in [0, 0.05) is 30.8 Å². The fraction of sp³-hybridized carbons (Fsp3) is 0.429. The fourth-order valence-corrected chi connectivity index (χ4v) is 1.90. The molecule has 1 aromatic rings. The number of nitro groups is 1. The van der Waals surface area contributed by atoms with Crippen molar-refractivity contribution in [3.05, 3.63) is 39.4 Å². The predicted octanol–water partition coefficient (Wildman–Crippen LogP) is 1.93. The fourth-order valence-electron chi connectivity index (χ4n) is 1.90. The number of carbonyl (C=O) groups is 2. The zero-order valence-corrected chi connectivity index (χ0v) is 12.3. The van der Waals surface area contributed by atoms with Crippen molar-refractivity contribution in [1.82, 2.24) is 4.90 Å². The van der Waals surface area contributed by atoms with Gasteiger partial charge in [-0.2, -0.15) is 0 Å². The van der Waals surface area contributed by atoms with Crippen molar-refractivity contribution in [2.24, 2.45) is 0 Å². The van der Waals surface area contributed by atoms with Crippen LogP contribution >= 0.6 is 0 Å². The van der Waals surface area contributed by atoms with Crippen molar-refractivity contribution < 1.29 is 19.2 Å². The average Bonchev–Trinajstić information content (AvgIpc) is 2.46. The molecule has 7 nitrogen and oxygen atoms in total. The Morgan fingerprint density at radius 3 is 2.52 bits per heavy atom. The van der Waals surface area contributed by atoms with Gasteiger partial charge < -0.3 is 9.64 Å². The number of nitrogens with zero attached hydrogens (tertiary/aromatic N) is 2. The highest BCUT2D eigenvalue weighted by atomic mass is 16.6. The van der Waals surface area contributed by atoms with E-state index < -0.39 is 4.92 Å². The largest absolute Gasteiger partial charge is 0.469 e. The van der Waals surface area contributed by atoms with Crippen molar-refractivity contribution in [3.8, 4) is 0 Å². The molecule has 0 aliphatic rings. The Morgan fingerprint density at radius 2 is 2.05 bits per heavy atom. The van der Waals surface area contributed by atoms with Gasteiger partial charge in [0.25, 0.3) is 11.6 Å². The van der Waals surface area contributed by atoms with E-state index in [1.54, 1.807) is 13.8 Å². The van der Waals surface area contributed by atoms with Gasteiger partial charge in [-0.3, -0.25) is 19.7 Å². The van der Waals surface area contributed by atoms with E-state index in [-0.39, 0.29) is 30.5 Å². The number of benzene rings is 1. The molecule has 7 heteroatoms. The van der Waals surface area contributed by atoms with Crippen LogP contribution in [0, 0.1) is 17.0 Å². The van der Waals surface area contributed by atoms with Crippen LogP contribution in [0.1, 0.15) is 29.3 Å². The maximum Gasteiger partial charge on any atom is 0.307 e. The third-order valence-electron chi connectivity index (χ3n) is 3.13. The molecule has 0 aliphatic carbocycles. The maximum atomic E-state index is 12.4. The lowest BCUT2D eigenvalue weighted by Gasteiger charge is -2.21. The quantitative estimate of drug-likeness (QED) is 0.454. The van der Waals surface area contributed by atoms with Crippen LogP contribution in [0.4, 0.5) is 5.69 Å². The van der Waals surface area contributed by atoms with Crippen molar-refractivity contribution >= 4 is 17.6 Å². The predicted molar refractivity (Wildman–Crippen MR) is 76.0 cm³/mol. The van der Waals surface area contributed by atoms with Crippen LogP contribution in [0.5, 0.6) is 0 Å². The van der Waals surface area contributed by atoms with Crippen molar-refractivity contribution in [1.29, 1.82) is 0 Å². The van der Waals surface area contributed by atoms with E-state index in [9.17, 15) is 19.7 Å². The molecule has 21 heavy (non-hydrogen) atoms. The Hall–Kier alpha value is -2.44. The first-order valence-electron chi connectivity index (χ1n) is 6.51. The van der Waals surface area contributed by atoms with Crippen LogP contribution in [-0.2, 0) is 9.53 Å². The first-order valence-corrected chi connectivity index (χ1v) is 6.51. The molecule has 0 spiro atoms. The molecule has 1 rings (SSSR count). The zero-order valence-electron chi connectivity index (χ0n) is 12.3. The Balaban J connectivity index is 2.90. The standard InChI is InChI=1S/C14H18N2O5/c1-4-15(8-7-13(17)21-3)14(18)12-6-5-11(16(19)20)9-10(12)2/h5-6,9H,4,7-8H2,1-3H3. The molecule has 0 aliphatic heterocycles. The minimum atomic E-state index is -0.504. The minimum Gasteiger partial charge on any atom is -0.469 e. The maximum absolute atomic E-state index is 12.4. The lowest BCUT2D eigenvalue weighted by Crippen LogP contribution is -2.33. The number of hydrogen-bond acceptors (Lipinski definition) is 5. The number of esters is 1. The van der Waals surface area contributed by atoms with Gasteiger partial charge in [-0.15, -0.1) is 0 Å². The molecule has 114 valence electrons. The number of hydrogen-bond donors (Lipinski definition) is 0. The molecular weight excluding hydrogens is 276 g/mol. The second kappa shape index (κ2) is 7.37. The lowest BCUT2D eigenvalue weighted by molar-refractivity contribution is -0.384. The zero-order chi connectivity index (χ0) is 16.0. The van der Waals surface area contributed by atoms with Gasteiger partial charge in [0.2, 0.25) is 0 Å². The number of carbonyl (C=O) groups excluding carboxylic acids is 2. The van der Waals surface area contributed by atoms with Crippen LogP contribution in [0.3, 0.4) is 0 Å². The molecule has 0 heterocycles. The van der Waals surface area contributed by atoms with Crippen LogP contribution in [0.2, 0.25) is 0 Å². The highest BCUT2D eigenvalue weighted by molar-refractivity contribution is 5.96. The molecule has 0 aromatic heterocycles. The number of amides is 1. The number of nitro benzene ring substituents is 1. The number of methoxy groups -OCH3 is 1. The molecule has 0 fully saturated rings. The molecule has 0 bridgehead atoms. The molecule has 0 unspecified atom stereocenters. The summed E-state index contributed by atoms with van der Waals surface area (Å²) in [5.74, 6) is -0.643. The summed E-state index contributed by atoms with van der Waals surface area (Å²) in [5, 5.41) is 10.7. The molecule has 0 radical (unpaired) electrons. The van der Waals surface area contributed by atoms with Crippen LogP contribution in [-0.4, -0.2) is 41.9 Å². The van der Waals surface area contributed by atoms with Crippen LogP contribution in [0.25, 0.3) is 0 Å². The lowest BCUT2D eigenvalue weighted by atomic mass is 10.1. The molecule has 0 saturated heterocycles. The highest BCUT2D eigenvalue weighted by Gasteiger charge is 2.19. The third kappa shape index (κ3) is 4.27. The highest BCUT2D eigenvalue weighted by Crippen LogP contribution is 2.18. The molecule has 0 saturated carbocycles. The van der Waals surface area contributed by atoms with Gasteiger partial charge in [0.15, 0.2) is 0 Å². The third-order valence-corrected chi connectivity index (χ3v) is 3.13. The first-order chi connectivity index (χ1) is 9.90. The topological polar surface area (TPSA) is 89.8 Å². The van der Waals surface area contributed by atoms with E-state index in [0.29, 0.717) is 17.7 Å². The summed E-state index contributed by atoms with van der Waals surface area (Å²) in [6, 6.07) is 4.10. The van der Waals surface area contributed by atoms with Gasteiger partial charge >= 0.3 is 5.97 Å². The van der Waals surface area contributed by atoms with Gasteiger partial charge in [-0.05, 0) is 25.5 Å². The van der Waals surface area contributed by atoms with Crippen LogP contribution in [0.15, 0.2) is 18.2 Å². The van der Waals surface area contributed by atoms with Gasteiger partial charge in [-0.1, -0.05) is 0 Å². The Morgan fingerprint density at radius 1 is 1.38 bits per heavy atom. The summed E-state index contributed by atoms with van der Waals surface area (Å²) in [5.41, 5.74) is 0.875. The molecular formula is C14H18N2O5. The molecule has 1 amide bonds. The SMILES string of the molecule is CCN(CCC(=O)OC)C(=O)c1ccc([N+](=O)[O-])cc1C. The van der Waals surface area contributed by atoms with Gasteiger partial charge in [0.1, 0.15) is 0 Å². The smallest absolute Gasteiger partial charge is 0.307 e. The Kier molecular flexibility index (Phi) is 5.83. The normalized spacial score (nSPS) is 10.0. The second-order valence-corrected chi connectivity index (χ2v) is 4.47. The second-order valence-electron chi connectivity index (χ2n) is 4.47. The van der Waals surface area contributed by atoms with Crippen molar-refractivity contribution in [3.63, 3.8) is 0 Å². The van der Waals surface area contributed by atoms with Gasteiger partial charge in [0.05, 0.1) is 18.5 Å². The molecule has 1 aromatic carbocycles. The van der Waals surface area contributed by atoms with E-state index in [2.05, 4.69) is 4.74 Å². The number of rotatable bonds is 6. The average molecular weight is 294 g/mol. The van der Waals surface area contributed by atoms with E-state index in [4.69, 9.17) is 0 Å². The summed E-state index contributed by atoms with van der Waals surface area (Å²) in [6.45, 7) is 4.13. The van der Waals surface area contributed by atoms with Crippen LogP contribution < -0.4 is 0 Å². The van der Waals surface area contributed by atoms with E-state index in [1.807, 2.05) is 0 Å². The first kappa shape index (κ1) is 16.6. The van der Waals surface area contributed by atoms with Crippen molar-refractivity contribution in [2.75, 3.05) is 20.2 Å². The van der Waals surface area contributed by atoms with Gasteiger partial charge in [-0.25, -0.2) is 0 Å². The van der Waals surface area contributed by atoms with E-state index in [1.165, 1.54) is 30.2 Å². The molecule has 0 N–H and O–H groups in total. The molecule has 0 atom stereocenters. The monoisotopic (exact) mass is 294 g/mol.